The molecule has 0 spiro atoms. The SMILES string of the molecule is CC1CN(CC(F)F)CCN1C(=O)O. The number of hydrogen-bond donors (Lipinski definition) is 1. The van der Waals surface area contributed by atoms with Gasteiger partial charge in [0, 0.05) is 25.7 Å². The summed E-state index contributed by atoms with van der Waals surface area (Å²) in [5.41, 5.74) is 0. The van der Waals surface area contributed by atoms with Gasteiger partial charge in [-0.15, -0.1) is 0 Å². The number of hydrogen-bond acceptors (Lipinski definition) is 2. The van der Waals surface area contributed by atoms with E-state index in [1.165, 1.54) is 4.90 Å². The molecule has 1 heterocycles. The summed E-state index contributed by atoms with van der Waals surface area (Å²) in [5.74, 6) is 0. The number of alkyl halides is 2. The standard InChI is InChI=1S/C8H14F2N2O2/c1-6-4-11(5-7(9)10)2-3-12(6)8(13)14/h6-7H,2-5H2,1H3,(H,13,14). The van der Waals surface area contributed by atoms with E-state index >= 15 is 0 Å². The van der Waals surface area contributed by atoms with Crippen LogP contribution in [0.25, 0.3) is 0 Å². The quantitative estimate of drug-likeness (QED) is 0.734. The Morgan fingerprint density at radius 1 is 1.57 bits per heavy atom. The minimum atomic E-state index is -2.35. The largest absolute Gasteiger partial charge is 0.465 e. The Kier molecular flexibility index (Phi) is 3.62. The summed E-state index contributed by atoms with van der Waals surface area (Å²) in [6.07, 6.45) is -3.33. The van der Waals surface area contributed by atoms with Crippen molar-refractivity contribution in [3.8, 4) is 0 Å². The Morgan fingerprint density at radius 2 is 2.21 bits per heavy atom. The van der Waals surface area contributed by atoms with Gasteiger partial charge in [-0.1, -0.05) is 0 Å². The number of rotatable bonds is 2. The van der Waals surface area contributed by atoms with Gasteiger partial charge in [0.15, 0.2) is 0 Å². The molecule has 0 aliphatic carbocycles. The van der Waals surface area contributed by atoms with Crippen molar-refractivity contribution < 1.29 is 18.7 Å². The fraction of sp³-hybridized carbons (Fsp3) is 0.875. The first-order chi connectivity index (χ1) is 6.50. The highest BCUT2D eigenvalue weighted by atomic mass is 19.3. The number of halogens is 2. The van der Waals surface area contributed by atoms with Crippen LogP contribution in [0.5, 0.6) is 0 Å². The van der Waals surface area contributed by atoms with Crippen molar-refractivity contribution in [3.63, 3.8) is 0 Å². The van der Waals surface area contributed by atoms with Crippen LogP contribution in [0.15, 0.2) is 0 Å². The van der Waals surface area contributed by atoms with Gasteiger partial charge >= 0.3 is 6.09 Å². The molecule has 14 heavy (non-hydrogen) atoms. The van der Waals surface area contributed by atoms with E-state index in [9.17, 15) is 13.6 Å². The molecule has 0 aromatic carbocycles. The van der Waals surface area contributed by atoms with Gasteiger partial charge in [0.1, 0.15) is 0 Å². The van der Waals surface area contributed by atoms with Crippen molar-refractivity contribution in [1.29, 1.82) is 0 Å². The zero-order chi connectivity index (χ0) is 10.7. The molecule has 82 valence electrons. The molecular weight excluding hydrogens is 194 g/mol. The Hall–Kier alpha value is -0.910. The maximum absolute atomic E-state index is 12.0. The summed E-state index contributed by atoms with van der Waals surface area (Å²) in [6.45, 7) is 2.55. The van der Waals surface area contributed by atoms with Crippen LogP contribution in [0.4, 0.5) is 13.6 Å². The van der Waals surface area contributed by atoms with E-state index < -0.39 is 12.5 Å². The van der Waals surface area contributed by atoms with Crippen LogP contribution < -0.4 is 0 Å². The zero-order valence-electron chi connectivity index (χ0n) is 7.99. The first kappa shape index (κ1) is 11.2. The van der Waals surface area contributed by atoms with Crippen LogP contribution in [0.2, 0.25) is 0 Å². The van der Waals surface area contributed by atoms with Crippen LogP contribution in [0.1, 0.15) is 6.92 Å². The van der Waals surface area contributed by atoms with E-state index in [1.807, 2.05) is 0 Å². The molecule has 6 heteroatoms. The van der Waals surface area contributed by atoms with Crippen LogP contribution in [0, 0.1) is 0 Å². The van der Waals surface area contributed by atoms with Crippen LogP contribution in [0.3, 0.4) is 0 Å². The van der Waals surface area contributed by atoms with Crippen molar-refractivity contribution in [3.05, 3.63) is 0 Å². The number of amides is 1. The molecule has 1 fully saturated rings. The molecule has 1 saturated heterocycles. The third kappa shape index (κ3) is 2.80. The van der Waals surface area contributed by atoms with Gasteiger partial charge in [0.05, 0.1) is 6.54 Å². The third-order valence-corrected chi connectivity index (χ3v) is 2.35. The van der Waals surface area contributed by atoms with E-state index in [1.54, 1.807) is 11.8 Å². The Morgan fingerprint density at radius 3 is 2.64 bits per heavy atom. The van der Waals surface area contributed by atoms with Gasteiger partial charge in [0.25, 0.3) is 6.43 Å². The summed E-state index contributed by atoms with van der Waals surface area (Å²) in [7, 11) is 0. The second-order valence-electron chi connectivity index (χ2n) is 3.48. The lowest BCUT2D eigenvalue weighted by atomic mass is 10.2. The molecule has 1 amide bonds. The predicted molar refractivity (Wildman–Crippen MR) is 46.6 cm³/mol. The van der Waals surface area contributed by atoms with E-state index in [0.29, 0.717) is 19.6 Å². The fourth-order valence-corrected chi connectivity index (χ4v) is 1.68. The fourth-order valence-electron chi connectivity index (χ4n) is 1.68. The van der Waals surface area contributed by atoms with Gasteiger partial charge < -0.3 is 10.0 Å². The molecule has 0 aromatic heterocycles. The van der Waals surface area contributed by atoms with Crippen LogP contribution >= 0.6 is 0 Å². The summed E-state index contributed by atoms with van der Waals surface area (Å²) < 4.78 is 24.1. The van der Waals surface area contributed by atoms with Crippen LogP contribution in [-0.2, 0) is 0 Å². The molecule has 4 nitrogen and oxygen atoms in total. The molecule has 1 aliphatic heterocycles. The smallest absolute Gasteiger partial charge is 0.407 e. The monoisotopic (exact) mass is 208 g/mol. The van der Waals surface area contributed by atoms with Crippen molar-refractivity contribution >= 4 is 6.09 Å². The Labute approximate surface area is 81.1 Å². The number of carboxylic acid groups (broad SMARTS) is 1. The Bertz CT molecular complexity index is 214. The number of nitrogens with zero attached hydrogens (tertiary/aromatic N) is 2. The molecule has 0 radical (unpaired) electrons. The Balaban J connectivity index is 2.42. The second kappa shape index (κ2) is 4.54. The maximum atomic E-state index is 12.0. The molecular formula is C8H14F2N2O2. The lowest BCUT2D eigenvalue weighted by molar-refractivity contribution is 0.0358. The molecule has 0 saturated carbocycles. The second-order valence-corrected chi connectivity index (χ2v) is 3.48. The highest BCUT2D eigenvalue weighted by Gasteiger charge is 2.27. The van der Waals surface area contributed by atoms with E-state index in [4.69, 9.17) is 5.11 Å². The van der Waals surface area contributed by atoms with Crippen molar-refractivity contribution in [2.45, 2.75) is 19.4 Å². The highest BCUT2D eigenvalue weighted by molar-refractivity contribution is 5.65. The first-order valence-corrected chi connectivity index (χ1v) is 4.50. The van der Waals surface area contributed by atoms with E-state index in [0.717, 1.165) is 0 Å². The third-order valence-electron chi connectivity index (χ3n) is 2.35. The molecule has 0 aromatic rings. The lowest BCUT2D eigenvalue weighted by Gasteiger charge is -2.37. The maximum Gasteiger partial charge on any atom is 0.407 e. The van der Waals surface area contributed by atoms with Crippen molar-refractivity contribution in [2.24, 2.45) is 0 Å². The molecule has 1 atom stereocenters. The number of carbonyl (C=O) groups is 1. The van der Waals surface area contributed by atoms with Gasteiger partial charge in [-0.2, -0.15) is 0 Å². The zero-order valence-corrected chi connectivity index (χ0v) is 7.99. The average Bonchev–Trinajstić information content (AvgIpc) is 2.01. The lowest BCUT2D eigenvalue weighted by Crippen LogP contribution is -2.54. The molecule has 1 N–H and O–H groups in total. The van der Waals surface area contributed by atoms with Crippen molar-refractivity contribution in [1.82, 2.24) is 9.80 Å². The summed E-state index contributed by atoms with van der Waals surface area (Å²) in [5, 5.41) is 8.74. The van der Waals surface area contributed by atoms with Gasteiger partial charge in [-0.05, 0) is 6.92 Å². The van der Waals surface area contributed by atoms with Crippen molar-refractivity contribution in [2.75, 3.05) is 26.2 Å². The molecule has 1 unspecified atom stereocenters. The first-order valence-electron chi connectivity index (χ1n) is 4.50. The van der Waals surface area contributed by atoms with Gasteiger partial charge in [-0.3, -0.25) is 4.90 Å². The molecule has 0 bridgehead atoms. The predicted octanol–water partition coefficient (Wildman–Crippen LogP) is 0.936. The molecule has 1 rings (SSSR count). The number of piperazine rings is 1. The van der Waals surface area contributed by atoms with Gasteiger partial charge in [0.2, 0.25) is 0 Å². The topological polar surface area (TPSA) is 43.8 Å². The van der Waals surface area contributed by atoms with Gasteiger partial charge in [-0.25, -0.2) is 13.6 Å². The van der Waals surface area contributed by atoms with E-state index in [-0.39, 0.29) is 12.6 Å². The average molecular weight is 208 g/mol. The highest BCUT2D eigenvalue weighted by Crippen LogP contribution is 2.10. The minimum Gasteiger partial charge on any atom is -0.465 e. The minimum absolute atomic E-state index is 0.208. The van der Waals surface area contributed by atoms with Crippen LogP contribution in [-0.4, -0.2) is 59.6 Å². The normalized spacial score (nSPS) is 24.3. The molecule has 1 aliphatic rings. The van der Waals surface area contributed by atoms with E-state index in [2.05, 4.69) is 0 Å². The summed E-state index contributed by atoms with van der Waals surface area (Å²) in [4.78, 5) is 13.5. The summed E-state index contributed by atoms with van der Waals surface area (Å²) in [6, 6.07) is -0.208. The summed E-state index contributed by atoms with van der Waals surface area (Å²) >= 11 is 0.